The van der Waals surface area contributed by atoms with Crippen LogP contribution in [-0.4, -0.2) is 34.2 Å². The number of rotatable bonds is 7. The average molecular weight is 400 g/mol. The van der Waals surface area contributed by atoms with Crippen molar-refractivity contribution in [3.8, 4) is 0 Å². The minimum Gasteiger partial charge on any atom is -0.460 e. The van der Waals surface area contributed by atoms with Crippen LogP contribution in [-0.2, 0) is 18.5 Å². The minimum atomic E-state index is -3.93. The van der Waals surface area contributed by atoms with Crippen molar-refractivity contribution in [3.63, 3.8) is 0 Å². The van der Waals surface area contributed by atoms with Crippen LogP contribution < -0.4 is 0 Å². The van der Waals surface area contributed by atoms with Gasteiger partial charge in [-0.15, -0.1) is 0 Å². The molecular formula is C13H16BrClO5S. The molecule has 118 valence electrons. The van der Waals surface area contributed by atoms with Crippen molar-refractivity contribution in [3.05, 3.63) is 27.7 Å². The van der Waals surface area contributed by atoms with Gasteiger partial charge in [-0.2, -0.15) is 0 Å². The first-order valence-electron chi connectivity index (χ1n) is 6.27. The summed E-state index contributed by atoms with van der Waals surface area (Å²) < 4.78 is 33.6. The van der Waals surface area contributed by atoms with Crippen LogP contribution in [0.3, 0.4) is 0 Å². The smallest absolute Gasteiger partial charge is 0.338 e. The second-order valence-electron chi connectivity index (χ2n) is 4.27. The summed E-state index contributed by atoms with van der Waals surface area (Å²) in [5.41, 5.74) is 0.551. The van der Waals surface area contributed by atoms with Gasteiger partial charge >= 0.3 is 5.97 Å². The first kappa shape index (κ1) is 18.4. The maximum absolute atomic E-state index is 11.9. The van der Waals surface area contributed by atoms with E-state index in [9.17, 15) is 13.2 Å². The molecule has 0 spiro atoms. The van der Waals surface area contributed by atoms with Gasteiger partial charge in [0.05, 0.1) is 17.1 Å². The maximum atomic E-state index is 11.9. The number of ether oxygens (including phenoxy) is 2. The van der Waals surface area contributed by atoms with Crippen LogP contribution in [0.5, 0.6) is 0 Å². The molecule has 0 aliphatic heterocycles. The summed E-state index contributed by atoms with van der Waals surface area (Å²) >= 11 is 3.20. The zero-order valence-corrected chi connectivity index (χ0v) is 14.8. The first-order chi connectivity index (χ1) is 9.77. The predicted octanol–water partition coefficient (Wildman–Crippen LogP) is 3.27. The number of carbonyl (C=O) groups is 1. The summed E-state index contributed by atoms with van der Waals surface area (Å²) in [7, 11) is 1.42. The molecule has 21 heavy (non-hydrogen) atoms. The van der Waals surface area contributed by atoms with Crippen LogP contribution in [0.1, 0.15) is 29.3 Å². The summed E-state index contributed by atoms with van der Waals surface area (Å²) in [4.78, 5) is 11.8. The van der Waals surface area contributed by atoms with Gasteiger partial charge < -0.3 is 9.47 Å². The fraction of sp³-hybridized carbons (Fsp3) is 0.462. The lowest BCUT2D eigenvalue weighted by atomic mass is 10.1. The average Bonchev–Trinajstić information content (AvgIpc) is 2.39. The molecule has 0 saturated heterocycles. The molecule has 0 heterocycles. The van der Waals surface area contributed by atoms with Crippen LogP contribution in [0.15, 0.2) is 21.5 Å². The lowest BCUT2D eigenvalue weighted by Gasteiger charge is -2.09. The van der Waals surface area contributed by atoms with Crippen LogP contribution in [0.25, 0.3) is 0 Å². The highest BCUT2D eigenvalue weighted by molar-refractivity contribution is 9.10. The first-order valence-corrected chi connectivity index (χ1v) is 9.37. The molecule has 0 fully saturated rings. The highest BCUT2D eigenvalue weighted by Gasteiger charge is 2.19. The Kier molecular flexibility index (Phi) is 7.12. The van der Waals surface area contributed by atoms with E-state index in [4.69, 9.17) is 20.2 Å². The van der Waals surface area contributed by atoms with Crippen molar-refractivity contribution in [1.29, 1.82) is 0 Å². The molecule has 8 heteroatoms. The Morgan fingerprint density at radius 2 is 1.95 bits per heavy atom. The van der Waals surface area contributed by atoms with Gasteiger partial charge in [-0.25, -0.2) is 13.2 Å². The molecule has 0 N–H and O–H groups in total. The molecule has 0 bridgehead atoms. The van der Waals surface area contributed by atoms with Gasteiger partial charge in [-0.1, -0.05) is 22.9 Å². The Morgan fingerprint density at radius 3 is 2.52 bits per heavy atom. The van der Waals surface area contributed by atoms with Crippen LogP contribution in [0, 0.1) is 6.92 Å². The second-order valence-corrected chi connectivity index (χ2v) is 7.66. The maximum Gasteiger partial charge on any atom is 0.338 e. The van der Waals surface area contributed by atoms with E-state index < -0.39 is 15.0 Å². The molecule has 0 aromatic heterocycles. The lowest BCUT2D eigenvalue weighted by Crippen LogP contribution is -2.12. The monoisotopic (exact) mass is 398 g/mol. The van der Waals surface area contributed by atoms with Gasteiger partial charge in [0, 0.05) is 21.8 Å². The third-order valence-corrected chi connectivity index (χ3v) is 4.88. The zero-order chi connectivity index (χ0) is 16.0. The van der Waals surface area contributed by atoms with Crippen LogP contribution in [0.2, 0.25) is 0 Å². The van der Waals surface area contributed by atoms with Crippen LogP contribution >= 0.6 is 26.6 Å². The van der Waals surface area contributed by atoms with Crippen molar-refractivity contribution in [1.82, 2.24) is 0 Å². The molecule has 0 atom stereocenters. The standard InChI is InChI=1S/C13H16BrClO5S/c1-3-4-19-5-6-20-13(16)10-7-11(14)9(2)12(8-10)21(15,17)18/h7-8H,3-6H2,1-2H3. The van der Waals surface area contributed by atoms with E-state index in [2.05, 4.69) is 15.9 Å². The molecular weight excluding hydrogens is 384 g/mol. The fourth-order valence-corrected chi connectivity index (χ4v) is 3.36. The van der Waals surface area contributed by atoms with E-state index in [0.29, 0.717) is 23.2 Å². The third kappa shape index (κ3) is 5.58. The summed E-state index contributed by atoms with van der Waals surface area (Å²) in [6.45, 7) is 4.57. The number of carbonyl (C=O) groups excluding carboxylic acids is 1. The highest BCUT2D eigenvalue weighted by Crippen LogP contribution is 2.28. The Labute approximate surface area is 137 Å². The second kappa shape index (κ2) is 8.12. The quantitative estimate of drug-likeness (QED) is 0.400. The van der Waals surface area contributed by atoms with E-state index >= 15 is 0 Å². The topological polar surface area (TPSA) is 69.7 Å². The van der Waals surface area contributed by atoms with Gasteiger partial charge in [-0.05, 0) is 31.0 Å². The molecule has 1 aromatic rings. The van der Waals surface area contributed by atoms with Gasteiger partial charge in [0.15, 0.2) is 0 Å². The SMILES string of the molecule is CCCOCCOC(=O)c1cc(Br)c(C)c(S(=O)(=O)Cl)c1. The molecule has 0 aliphatic rings. The highest BCUT2D eigenvalue weighted by atomic mass is 79.9. The predicted molar refractivity (Wildman–Crippen MR) is 83.3 cm³/mol. The van der Waals surface area contributed by atoms with Crippen molar-refractivity contribution in [2.24, 2.45) is 0 Å². The van der Waals surface area contributed by atoms with Gasteiger partial charge in [-0.3, -0.25) is 0 Å². The van der Waals surface area contributed by atoms with Crippen LogP contribution in [0.4, 0.5) is 0 Å². The van der Waals surface area contributed by atoms with E-state index in [1.807, 2.05) is 6.92 Å². The van der Waals surface area contributed by atoms with E-state index in [1.165, 1.54) is 12.1 Å². The summed E-state index contributed by atoms with van der Waals surface area (Å²) in [6.07, 6.45) is 0.885. The summed E-state index contributed by atoms with van der Waals surface area (Å²) in [5, 5.41) is 0. The van der Waals surface area contributed by atoms with Gasteiger partial charge in [0.1, 0.15) is 6.61 Å². The Hall–Kier alpha value is -0.630. The normalized spacial score (nSPS) is 11.4. The Morgan fingerprint density at radius 1 is 1.29 bits per heavy atom. The zero-order valence-electron chi connectivity index (χ0n) is 11.7. The van der Waals surface area contributed by atoms with E-state index in [-0.39, 0.29) is 17.1 Å². The lowest BCUT2D eigenvalue weighted by molar-refractivity contribution is 0.0318. The molecule has 0 unspecified atom stereocenters. The Bertz CT molecular complexity index is 615. The molecule has 1 rings (SSSR count). The summed E-state index contributed by atoms with van der Waals surface area (Å²) in [5.74, 6) is -0.627. The van der Waals surface area contributed by atoms with E-state index in [1.54, 1.807) is 6.92 Å². The molecule has 5 nitrogen and oxygen atoms in total. The fourth-order valence-electron chi connectivity index (χ4n) is 1.55. The molecule has 1 aromatic carbocycles. The molecule has 0 saturated carbocycles. The summed E-state index contributed by atoms with van der Waals surface area (Å²) in [6, 6.07) is 2.70. The molecule has 0 aliphatic carbocycles. The van der Waals surface area contributed by atoms with Crippen molar-refractivity contribution in [2.45, 2.75) is 25.2 Å². The largest absolute Gasteiger partial charge is 0.460 e. The van der Waals surface area contributed by atoms with Crippen molar-refractivity contribution >= 4 is 41.6 Å². The third-order valence-electron chi connectivity index (χ3n) is 2.60. The van der Waals surface area contributed by atoms with Crippen molar-refractivity contribution in [2.75, 3.05) is 19.8 Å². The molecule has 0 amide bonds. The Balaban J connectivity index is 2.84. The number of benzene rings is 1. The van der Waals surface area contributed by atoms with Gasteiger partial charge in [0.25, 0.3) is 9.05 Å². The van der Waals surface area contributed by atoms with E-state index in [0.717, 1.165) is 6.42 Å². The molecule has 0 radical (unpaired) electrons. The number of hydrogen-bond acceptors (Lipinski definition) is 5. The number of hydrogen-bond donors (Lipinski definition) is 0. The number of halogens is 2. The van der Waals surface area contributed by atoms with Crippen molar-refractivity contribution < 1.29 is 22.7 Å². The minimum absolute atomic E-state index is 0.104. The van der Waals surface area contributed by atoms with Gasteiger partial charge in [0.2, 0.25) is 0 Å². The number of esters is 1.